The highest BCUT2D eigenvalue weighted by Crippen LogP contribution is 2.33. The molecule has 4 heteroatoms. The SMILES string of the molecule is CCNCc1ccc(N2CC3CCC(C2)O3)c(Cl)c1. The van der Waals surface area contributed by atoms with Gasteiger partial charge in [0.25, 0.3) is 0 Å². The predicted octanol–water partition coefficient (Wildman–Crippen LogP) is 2.82. The average Bonchev–Trinajstić information content (AvgIpc) is 2.75. The summed E-state index contributed by atoms with van der Waals surface area (Å²) in [6.07, 6.45) is 3.18. The zero-order chi connectivity index (χ0) is 13.2. The van der Waals surface area contributed by atoms with E-state index in [1.165, 1.54) is 18.4 Å². The predicted molar refractivity (Wildman–Crippen MR) is 78.9 cm³/mol. The third kappa shape index (κ3) is 2.88. The van der Waals surface area contributed by atoms with Gasteiger partial charge in [-0.25, -0.2) is 0 Å². The van der Waals surface area contributed by atoms with Crippen LogP contribution < -0.4 is 10.2 Å². The van der Waals surface area contributed by atoms with Crippen molar-refractivity contribution in [2.75, 3.05) is 24.5 Å². The maximum atomic E-state index is 6.45. The summed E-state index contributed by atoms with van der Waals surface area (Å²) in [4.78, 5) is 2.38. The van der Waals surface area contributed by atoms with E-state index in [0.717, 1.165) is 36.9 Å². The Hall–Kier alpha value is -0.770. The lowest BCUT2D eigenvalue weighted by molar-refractivity contribution is 0.0305. The molecule has 3 nitrogen and oxygen atoms in total. The number of ether oxygens (including phenoxy) is 1. The van der Waals surface area contributed by atoms with Gasteiger partial charge >= 0.3 is 0 Å². The van der Waals surface area contributed by atoms with Crippen molar-refractivity contribution >= 4 is 17.3 Å². The minimum absolute atomic E-state index is 0.399. The lowest BCUT2D eigenvalue weighted by Crippen LogP contribution is -2.42. The smallest absolute Gasteiger partial charge is 0.0755 e. The molecule has 1 aromatic rings. The molecule has 19 heavy (non-hydrogen) atoms. The average molecular weight is 281 g/mol. The fourth-order valence-electron chi connectivity index (χ4n) is 3.00. The third-order valence-corrected chi connectivity index (χ3v) is 4.28. The van der Waals surface area contributed by atoms with Gasteiger partial charge in [-0.05, 0) is 37.1 Å². The van der Waals surface area contributed by atoms with Crippen molar-refractivity contribution in [3.8, 4) is 0 Å². The zero-order valence-corrected chi connectivity index (χ0v) is 12.1. The van der Waals surface area contributed by atoms with Gasteiger partial charge in [0.05, 0.1) is 22.9 Å². The van der Waals surface area contributed by atoms with E-state index < -0.39 is 0 Å². The first-order valence-electron chi connectivity index (χ1n) is 7.16. The number of morpholine rings is 1. The standard InChI is InChI=1S/C15H21ClN2O/c1-2-17-8-11-3-6-15(14(16)7-11)18-9-12-4-5-13(10-18)19-12/h3,6-7,12-13,17H,2,4-5,8-10H2,1H3. The molecule has 2 aliphatic rings. The molecule has 0 aromatic heterocycles. The van der Waals surface area contributed by atoms with E-state index in [1.54, 1.807) is 0 Å². The topological polar surface area (TPSA) is 24.5 Å². The molecule has 2 fully saturated rings. The van der Waals surface area contributed by atoms with Crippen molar-refractivity contribution in [3.05, 3.63) is 28.8 Å². The van der Waals surface area contributed by atoms with Gasteiger partial charge in [-0.15, -0.1) is 0 Å². The van der Waals surface area contributed by atoms with Gasteiger partial charge in [-0.2, -0.15) is 0 Å². The van der Waals surface area contributed by atoms with Gasteiger partial charge in [0.1, 0.15) is 0 Å². The molecule has 2 atom stereocenters. The van der Waals surface area contributed by atoms with E-state index in [0.29, 0.717) is 12.2 Å². The van der Waals surface area contributed by atoms with Crippen LogP contribution in [0.5, 0.6) is 0 Å². The maximum absolute atomic E-state index is 6.45. The molecule has 2 bridgehead atoms. The molecule has 0 spiro atoms. The van der Waals surface area contributed by atoms with Gasteiger partial charge < -0.3 is 15.0 Å². The van der Waals surface area contributed by atoms with Crippen LogP contribution in [0.25, 0.3) is 0 Å². The number of halogens is 1. The highest BCUT2D eigenvalue weighted by molar-refractivity contribution is 6.33. The van der Waals surface area contributed by atoms with Crippen LogP contribution in [-0.4, -0.2) is 31.8 Å². The molecule has 0 radical (unpaired) electrons. The second kappa shape index (κ2) is 5.70. The van der Waals surface area contributed by atoms with Crippen LogP contribution in [0.3, 0.4) is 0 Å². The number of rotatable bonds is 4. The first-order valence-corrected chi connectivity index (χ1v) is 7.53. The molecule has 2 saturated heterocycles. The van der Waals surface area contributed by atoms with E-state index in [2.05, 4.69) is 35.3 Å². The van der Waals surface area contributed by atoms with Crippen LogP contribution in [0.4, 0.5) is 5.69 Å². The van der Waals surface area contributed by atoms with Crippen LogP contribution in [-0.2, 0) is 11.3 Å². The molecule has 1 N–H and O–H groups in total. The highest BCUT2D eigenvalue weighted by Gasteiger charge is 2.34. The number of nitrogens with zero attached hydrogens (tertiary/aromatic N) is 1. The van der Waals surface area contributed by atoms with Crippen LogP contribution in [0.2, 0.25) is 5.02 Å². The minimum atomic E-state index is 0.399. The van der Waals surface area contributed by atoms with Crippen LogP contribution in [0.1, 0.15) is 25.3 Å². The Balaban J connectivity index is 1.74. The third-order valence-electron chi connectivity index (χ3n) is 3.98. The summed E-state index contributed by atoms with van der Waals surface area (Å²) in [5.74, 6) is 0. The number of anilines is 1. The molecule has 0 saturated carbocycles. The van der Waals surface area contributed by atoms with E-state index >= 15 is 0 Å². The second-order valence-corrected chi connectivity index (χ2v) is 5.84. The van der Waals surface area contributed by atoms with E-state index in [4.69, 9.17) is 16.3 Å². The number of nitrogens with one attached hydrogen (secondary N) is 1. The Bertz CT molecular complexity index is 440. The molecular formula is C15H21ClN2O. The zero-order valence-electron chi connectivity index (χ0n) is 11.4. The molecule has 1 aromatic carbocycles. The number of benzene rings is 1. The molecule has 2 aliphatic heterocycles. The fraction of sp³-hybridized carbons (Fsp3) is 0.600. The van der Waals surface area contributed by atoms with Crippen molar-refractivity contribution in [1.29, 1.82) is 0 Å². The largest absolute Gasteiger partial charge is 0.371 e. The molecule has 2 heterocycles. The van der Waals surface area contributed by atoms with Crippen molar-refractivity contribution in [3.63, 3.8) is 0 Å². The Morgan fingerprint density at radius 3 is 2.68 bits per heavy atom. The van der Waals surface area contributed by atoms with E-state index in [-0.39, 0.29) is 0 Å². The van der Waals surface area contributed by atoms with Gasteiger partial charge in [0.15, 0.2) is 0 Å². The van der Waals surface area contributed by atoms with Gasteiger partial charge in [-0.1, -0.05) is 24.6 Å². The second-order valence-electron chi connectivity index (χ2n) is 5.43. The fourth-order valence-corrected chi connectivity index (χ4v) is 3.32. The molecule has 0 amide bonds. The first kappa shape index (κ1) is 13.2. The molecule has 0 aliphatic carbocycles. The van der Waals surface area contributed by atoms with Crippen molar-refractivity contribution < 1.29 is 4.74 Å². The lowest BCUT2D eigenvalue weighted by Gasteiger charge is -2.34. The van der Waals surface area contributed by atoms with Gasteiger partial charge in [0, 0.05) is 19.6 Å². The maximum Gasteiger partial charge on any atom is 0.0755 e. The summed E-state index contributed by atoms with van der Waals surface area (Å²) in [5.41, 5.74) is 2.40. The summed E-state index contributed by atoms with van der Waals surface area (Å²) in [7, 11) is 0. The van der Waals surface area contributed by atoms with Crippen molar-refractivity contribution in [1.82, 2.24) is 5.32 Å². The Morgan fingerprint density at radius 1 is 1.32 bits per heavy atom. The number of hydrogen-bond donors (Lipinski definition) is 1. The Kier molecular flexibility index (Phi) is 3.96. The van der Waals surface area contributed by atoms with Crippen molar-refractivity contribution in [2.45, 2.75) is 38.5 Å². The normalized spacial score (nSPS) is 25.9. The first-order chi connectivity index (χ1) is 9.26. The summed E-state index contributed by atoms with van der Waals surface area (Å²) in [6, 6.07) is 6.40. The van der Waals surface area contributed by atoms with Crippen molar-refractivity contribution in [2.24, 2.45) is 0 Å². The van der Waals surface area contributed by atoms with Gasteiger partial charge in [0.2, 0.25) is 0 Å². The molecule has 104 valence electrons. The summed E-state index contributed by atoms with van der Waals surface area (Å²) in [6.45, 7) is 5.92. The number of fused-ring (bicyclic) bond motifs is 2. The van der Waals surface area contributed by atoms with Crippen LogP contribution >= 0.6 is 11.6 Å². The monoisotopic (exact) mass is 280 g/mol. The van der Waals surface area contributed by atoms with E-state index in [9.17, 15) is 0 Å². The summed E-state index contributed by atoms with van der Waals surface area (Å²) < 4.78 is 5.87. The van der Waals surface area contributed by atoms with E-state index in [1.807, 2.05) is 0 Å². The minimum Gasteiger partial charge on any atom is -0.371 e. The number of hydrogen-bond acceptors (Lipinski definition) is 3. The highest BCUT2D eigenvalue weighted by atomic mass is 35.5. The summed E-state index contributed by atoms with van der Waals surface area (Å²) in [5, 5.41) is 4.18. The molecule has 2 unspecified atom stereocenters. The Labute approximate surface area is 119 Å². The molecule has 3 rings (SSSR count). The van der Waals surface area contributed by atoms with Crippen LogP contribution in [0, 0.1) is 0 Å². The Morgan fingerprint density at radius 2 is 2.05 bits per heavy atom. The quantitative estimate of drug-likeness (QED) is 0.918. The van der Waals surface area contributed by atoms with Crippen LogP contribution in [0.15, 0.2) is 18.2 Å². The van der Waals surface area contributed by atoms with Gasteiger partial charge in [-0.3, -0.25) is 0 Å². The molecular weight excluding hydrogens is 260 g/mol. The summed E-state index contributed by atoms with van der Waals surface area (Å²) >= 11 is 6.45. The lowest BCUT2D eigenvalue weighted by atomic mass is 10.1.